The number of aldehydes is 1. The van der Waals surface area contributed by atoms with Crippen LogP contribution in [-0.2, 0) is 6.42 Å². The van der Waals surface area contributed by atoms with Crippen LogP contribution < -0.4 is 0 Å². The first-order valence-corrected chi connectivity index (χ1v) is 7.01. The van der Waals surface area contributed by atoms with Gasteiger partial charge in [-0.25, -0.2) is 13.5 Å². The van der Waals surface area contributed by atoms with Gasteiger partial charge in [-0.15, -0.1) is 0 Å². The van der Waals surface area contributed by atoms with E-state index in [4.69, 9.17) is 0 Å². The fraction of sp³-hybridized carbons (Fsp3) is 0.111. The van der Waals surface area contributed by atoms with Crippen LogP contribution in [0.1, 0.15) is 28.5 Å². The van der Waals surface area contributed by atoms with Gasteiger partial charge in [0, 0.05) is 18.7 Å². The maximum atomic E-state index is 13.6. The van der Waals surface area contributed by atoms with Crippen LogP contribution in [0.2, 0.25) is 0 Å². The van der Waals surface area contributed by atoms with Crippen molar-refractivity contribution in [2.75, 3.05) is 0 Å². The van der Waals surface area contributed by atoms with E-state index in [1.807, 2.05) is 30.3 Å². The van der Waals surface area contributed by atoms with Gasteiger partial charge < -0.3 is 0 Å². The third-order valence-electron chi connectivity index (χ3n) is 3.24. The summed E-state index contributed by atoms with van der Waals surface area (Å²) in [5, 5.41) is 4.21. The quantitative estimate of drug-likeness (QED) is 0.582. The first-order chi connectivity index (χ1) is 11.0. The number of hydrogen-bond donors (Lipinski definition) is 0. The van der Waals surface area contributed by atoms with Crippen LogP contribution in [0.3, 0.4) is 0 Å². The maximum absolute atomic E-state index is 13.6. The molecule has 0 amide bonds. The number of rotatable bonds is 6. The molecule has 0 atom stereocenters. The molecule has 5 heteroatoms. The molecule has 0 spiro atoms. The highest BCUT2D eigenvalue weighted by Crippen LogP contribution is 2.21. The minimum absolute atomic E-state index is 0.150. The Kier molecular flexibility index (Phi) is 5.36. The van der Waals surface area contributed by atoms with Crippen molar-refractivity contribution in [3.05, 3.63) is 83.7 Å². The lowest BCUT2D eigenvalue weighted by Crippen LogP contribution is -2.00. The first-order valence-electron chi connectivity index (χ1n) is 7.01. The number of allylic oxidation sites excluding steroid dienone is 5. The summed E-state index contributed by atoms with van der Waals surface area (Å²) < 4.78 is 28.2. The molecule has 2 rings (SSSR count). The fourth-order valence-corrected chi connectivity index (χ4v) is 2.05. The molecule has 0 N–H and O–H groups in total. The van der Waals surface area contributed by atoms with E-state index in [1.165, 1.54) is 19.2 Å². The number of halogens is 2. The van der Waals surface area contributed by atoms with E-state index < -0.39 is 11.7 Å². The molecule has 1 aromatic heterocycles. The van der Waals surface area contributed by atoms with E-state index in [-0.39, 0.29) is 5.70 Å². The summed E-state index contributed by atoms with van der Waals surface area (Å²) in [6, 6.07) is 9.44. The number of carbonyl (C=O) groups excluding carboxylic acids is 1. The lowest BCUT2D eigenvalue weighted by atomic mass is 10.1. The molecule has 3 nitrogen and oxygen atoms in total. The van der Waals surface area contributed by atoms with Crippen molar-refractivity contribution in [2.24, 2.45) is 0 Å². The third-order valence-corrected chi connectivity index (χ3v) is 3.24. The van der Waals surface area contributed by atoms with Crippen LogP contribution in [0.15, 0.2) is 66.9 Å². The second-order valence-corrected chi connectivity index (χ2v) is 4.86. The Morgan fingerprint density at radius 3 is 2.57 bits per heavy atom. The van der Waals surface area contributed by atoms with Crippen molar-refractivity contribution in [3.8, 4) is 0 Å². The molecule has 0 saturated heterocycles. The minimum atomic E-state index is -0.840. The molecule has 118 valence electrons. The topological polar surface area (TPSA) is 34.9 Å². The van der Waals surface area contributed by atoms with E-state index in [0.717, 1.165) is 16.3 Å². The fourth-order valence-electron chi connectivity index (χ4n) is 2.05. The van der Waals surface area contributed by atoms with Crippen molar-refractivity contribution >= 4 is 12.0 Å². The second-order valence-electron chi connectivity index (χ2n) is 4.86. The second kappa shape index (κ2) is 7.45. The molecule has 0 saturated carbocycles. The Morgan fingerprint density at radius 2 is 2.00 bits per heavy atom. The smallest absolute Gasteiger partial charge is 0.153 e. The molecular weight excluding hydrogens is 298 g/mol. The SMILES string of the molecule is C=C(F)/C(=C\C(F)=C/C)n1cc(C=O)c(Cc2ccccc2)n1. The molecule has 0 aliphatic carbocycles. The first kappa shape index (κ1) is 16.5. The number of nitrogens with zero attached hydrogens (tertiary/aromatic N) is 2. The molecule has 0 bridgehead atoms. The predicted molar refractivity (Wildman–Crippen MR) is 86.2 cm³/mol. The zero-order valence-electron chi connectivity index (χ0n) is 12.7. The monoisotopic (exact) mass is 314 g/mol. The molecular formula is C18H16F2N2O. The third kappa shape index (κ3) is 4.10. The number of carbonyl (C=O) groups is 1. The molecule has 0 unspecified atom stereocenters. The standard InChI is InChI=1S/C18H16F2N2O/c1-3-16(20)10-18(13(2)19)22-11-15(12-23)17(21-22)9-14-7-5-4-6-8-14/h3-8,10-12H,2,9H2,1H3/b16-3+,18-10+. The molecule has 0 aliphatic rings. The van der Waals surface area contributed by atoms with Gasteiger partial charge in [-0.05, 0) is 12.5 Å². The minimum Gasteiger partial charge on any atom is -0.298 e. The van der Waals surface area contributed by atoms with Gasteiger partial charge in [0.15, 0.2) is 6.29 Å². The van der Waals surface area contributed by atoms with Gasteiger partial charge in [-0.3, -0.25) is 4.79 Å². The summed E-state index contributed by atoms with van der Waals surface area (Å²) in [4.78, 5) is 11.2. The Balaban J connectivity index is 2.43. The van der Waals surface area contributed by atoms with Crippen molar-refractivity contribution < 1.29 is 13.6 Å². The lowest BCUT2D eigenvalue weighted by Gasteiger charge is -2.04. The zero-order chi connectivity index (χ0) is 16.8. The number of aromatic nitrogens is 2. The van der Waals surface area contributed by atoms with Crippen LogP contribution in [-0.4, -0.2) is 16.1 Å². The van der Waals surface area contributed by atoms with E-state index in [9.17, 15) is 13.6 Å². The zero-order valence-corrected chi connectivity index (χ0v) is 12.7. The number of hydrogen-bond acceptors (Lipinski definition) is 2. The van der Waals surface area contributed by atoms with E-state index in [1.54, 1.807) is 0 Å². The summed E-state index contributed by atoms with van der Waals surface area (Å²) in [6.07, 6.45) is 4.60. The summed E-state index contributed by atoms with van der Waals surface area (Å²) in [7, 11) is 0. The average molecular weight is 314 g/mol. The summed E-state index contributed by atoms with van der Waals surface area (Å²) in [6.45, 7) is 4.68. The molecule has 1 heterocycles. The Morgan fingerprint density at radius 1 is 1.30 bits per heavy atom. The molecule has 0 radical (unpaired) electrons. The lowest BCUT2D eigenvalue weighted by molar-refractivity contribution is 0.112. The van der Waals surface area contributed by atoms with Gasteiger partial charge in [0.25, 0.3) is 0 Å². The van der Waals surface area contributed by atoms with Crippen LogP contribution in [0, 0.1) is 0 Å². The summed E-state index contributed by atoms with van der Waals surface area (Å²) >= 11 is 0. The highest BCUT2D eigenvalue weighted by molar-refractivity contribution is 5.77. The highest BCUT2D eigenvalue weighted by Gasteiger charge is 2.14. The van der Waals surface area contributed by atoms with E-state index in [2.05, 4.69) is 11.7 Å². The van der Waals surface area contributed by atoms with Crippen LogP contribution in [0.25, 0.3) is 5.70 Å². The molecule has 0 aliphatic heterocycles. The van der Waals surface area contributed by atoms with Crippen molar-refractivity contribution in [2.45, 2.75) is 13.3 Å². The maximum Gasteiger partial charge on any atom is 0.153 e. The average Bonchev–Trinajstić information content (AvgIpc) is 2.95. The van der Waals surface area contributed by atoms with Gasteiger partial charge >= 0.3 is 0 Å². The van der Waals surface area contributed by atoms with Crippen molar-refractivity contribution in [3.63, 3.8) is 0 Å². The van der Waals surface area contributed by atoms with Crippen LogP contribution in [0.5, 0.6) is 0 Å². The Labute approximate surface area is 133 Å². The van der Waals surface area contributed by atoms with E-state index >= 15 is 0 Å². The highest BCUT2D eigenvalue weighted by atomic mass is 19.1. The van der Waals surface area contributed by atoms with Gasteiger partial charge in [0.1, 0.15) is 17.4 Å². The Bertz CT molecular complexity index is 774. The Hall–Kier alpha value is -2.82. The molecule has 23 heavy (non-hydrogen) atoms. The van der Waals surface area contributed by atoms with E-state index in [0.29, 0.717) is 24.0 Å². The van der Waals surface area contributed by atoms with Gasteiger partial charge in [0.2, 0.25) is 0 Å². The van der Waals surface area contributed by atoms with Crippen molar-refractivity contribution in [1.29, 1.82) is 0 Å². The summed E-state index contributed by atoms with van der Waals surface area (Å²) in [5.74, 6) is -1.46. The molecule has 2 aromatic rings. The molecule has 1 aromatic carbocycles. The van der Waals surface area contributed by atoms with Gasteiger partial charge in [0.05, 0.1) is 11.3 Å². The summed E-state index contributed by atoms with van der Waals surface area (Å²) in [5.41, 5.74) is 1.62. The van der Waals surface area contributed by atoms with Crippen molar-refractivity contribution in [1.82, 2.24) is 9.78 Å². The molecule has 0 fully saturated rings. The number of benzene rings is 1. The largest absolute Gasteiger partial charge is 0.298 e. The normalized spacial score (nSPS) is 12.3. The van der Waals surface area contributed by atoms with Crippen LogP contribution in [0.4, 0.5) is 8.78 Å². The van der Waals surface area contributed by atoms with Gasteiger partial charge in [-0.1, -0.05) is 43.0 Å². The predicted octanol–water partition coefficient (Wildman–Crippen LogP) is 4.48. The van der Waals surface area contributed by atoms with Gasteiger partial charge in [-0.2, -0.15) is 5.10 Å². The van der Waals surface area contributed by atoms with Crippen LogP contribution >= 0.6 is 0 Å².